The number of carbonyl (C=O) groups excluding carboxylic acids is 1. The van der Waals surface area contributed by atoms with Crippen molar-refractivity contribution in [2.45, 2.75) is 6.04 Å². The number of carboxylic acid groups (broad SMARTS) is 1. The number of likely N-dealkylation sites (N-methyl/N-ethyl adjacent to an activating group) is 1. The fraction of sp³-hybridized carbons (Fsp3) is 0.333. The van der Waals surface area contributed by atoms with E-state index in [1.54, 1.807) is 17.5 Å². The molecule has 0 saturated heterocycles. The molecular formula is C9H12N2O3S. The number of nitrogens with one attached hydrogen (secondary N) is 2. The molecule has 1 heterocycles. The predicted octanol–water partition coefficient (Wildman–Crippen LogP) is 0.150. The molecule has 5 nitrogen and oxygen atoms in total. The Kier molecular flexibility index (Phi) is 4.26. The summed E-state index contributed by atoms with van der Waals surface area (Å²) in [5.74, 6) is -1.23. The molecule has 0 fully saturated rings. The van der Waals surface area contributed by atoms with Crippen molar-refractivity contribution in [3.63, 3.8) is 0 Å². The minimum atomic E-state index is -0.982. The average molecular weight is 228 g/mol. The van der Waals surface area contributed by atoms with E-state index in [0.717, 1.165) is 0 Å². The topological polar surface area (TPSA) is 78.4 Å². The van der Waals surface area contributed by atoms with Gasteiger partial charge in [0, 0.05) is 6.54 Å². The summed E-state index contributed by atoms with van der Waals surface area (Å²) in [5.41, 5.74) is 0. The molecule has 1 unspecified atom stereocenters. The monoisotopic (exact) mass is 228 g/mol. The molecule has 1 amide bonds. The molecule has 15 heavy (non-hydrogen) atoms. The van der Waals surface area contributed by atoms with Gasteiger partial charge in [0.15, 0.2) is 0 Å². The highest BCUT2D eigenvalue weighted by Crippen LogP contribution is 2.07. The highest BCUT2D eigenvalue weighted by atomic mass is 32.1. The van der Waals surface area contributed by atoms with Gasteiger partial charge in [0.25, 0.3) is 5.91 Å². The summed E-state index contributed by atoms with van der Waals surface area (Å²) in [6, 6.07) is 2.70. The molecule has 1 rings (SSSR count). The van der Waals surface area contributed by atoms with Gasteiger partial charge in [-0.15, -0.1) is 11.3 Å². The number of amides is 1. The lowest BCUT2D eigenvalue weighted by Gasteiger charge is -2.11. The molecule has 0 aromatic carbocycles. The van der Waals surface area contributed by atoms with E-state index in [2.05, 4.69) is 10.6 Å². The van der Waals surface area contributed by atoms with Crippen molar-refractivity contribution in [3.8, 4) is 0 Å². The summed E-state index contributed by atoms with van der Waals surface area (Å²) >= 11 is 1.32. The highest BCUT2D eigenvalue weighted by molar-refractivity contribution is 7.12. The fourth-order valence-corrected chi connectivity index (χ4v) is 1.64. The molecule has 1 aromatic rings. The lowest BCUT2D eigenvalue weighted by atomic mass is 10.3. The second-order valence-electron chi connectivity index (χ2n) is 2.87. The first-order chi connectivity index (χ1) is 7.15. The number of hydrogen-bond donors (Lipinski definition) is 3. The Balaban J connectivity index is 2.43. The SMILES string of the molecule is CNC(CNC(=O)c1cccs1)C(=O)O. The van der Waals surface area contributed by atoms with Gasteiger partial charge >= 0.3 is 5.97 Å². The summed E-state index contributed by atoms with van der Waals surface area (Å²) in [6.07, 6.45) is 0. The molecule has 1 atom stereocenters. The van der Waals surface area contributed by atoms with Crippen LogP contribution in [0.15, 0.2) is 17.5 Å². The molecule has 82 valence electrons. The molecule has 0 saturated carbocycles. The molecule has 0 bridgehead atoms. The van der Waals surface area contributed by atoms with E-state index in [0.29, 0.717) is 4.88 Å². The van der Waals surface area contributed by atoms with Crippen molar-refractivity contribution in [2.75, 3.05) is 13.6 Å². The van der Waals surface area contributed by atoms with Gasteiger partial charge < -0.3 is 15.7 Å². The first kappa shape index (κ1) is 11.7. The van der Waals surface area contributed by atoms with Crippen molar-refractivity contribution in [1.82, 2.24) is 10.6 Å². The van der Waals surface area contributed by atoms with E-state index in [1.807, 2.05) is 0 Å². The minimum Gasteiger partial charge on any atom is -0.480 e. The molecule has 3 N–H and O–H groups in total. The third kappa shape index (κ3) is 3.34. The lowest BCUT2D eigenvalue weighted by Crippen LogP contribution is -2.44. The number of carboxylic acids is 1. The maximum absolute atomic E-state index is 11.4. The third-order valence-corrected chi connectivity index (χ3v) is 2.73. The molecule has 6 heteroatoms. The molecule has 0 aliphatic heterocycles. The van der Waals surface area contributed by atoms with Crippen molar-refractivity contribution in [3.05, 3.63) is 22.4 Å². The van der Waals surface area contributed by atoms with E-state index in [-0.39, 0.29) is 12.5 Å². The normalized spacial score (nSPS) is 12.1. The van der Waals surface area contributed by atoms with Crippen LogP contribution in [0.5, 0.6) is 0 Å². The standard InChI is InChI=1S/C9H12N2O3S/c1-10-6(9(13)14)5-11-8(12)7-3-2-4-15-7/h2-4,6,10H,5H2,1H3,(H,11,12)(H,13,14). The first-order valence-electron chi connectivity index (χ1n) is 4.37. The molecule has 0 aliphatic rings. The number of hydrogen-bond acceptors (Lipinski definition) is 4. The average Bonchev–Trinajstić information content (AvgIpc) is 2.70. The van der Waals surface area contributed by atoms with Gasteiger partial charge in [0.2, 0.25) is 0 Å². The van der Waals surface area contributed by atoms with Gasteiger partial charge in [-0.05, 0) is 18.5 Å². The Hall–Kier alpha value is -1.40. The van der Waals surface area contributed by atoms with Gasteiger partial charge in [-0.25, -0.2) is 0 Å². The highest BCUT2D eigenvalue weighted by Gasteiger charge is 2.16. The molecule has 0 spiro atoms. The zero-order valence-corrected chi connectivity index (χ0v) is 9.00. The van der Waals surface area contributed by atoms with Gasteiger partial charge in [-0.3, -0.25) is 9.59 Å². The van der Waals surface area contributed by atoms with Crippen LogP contribution in [-0.2, 0) is 4.79 Å². The number of aliphatic carboxylic acids is 1. The fourth-order valence-electron chi connectivity index (χ4n) is 1.00. The third-order valence-electron chi connectivity index (χ3n) is 1.86. The molecule has 0 radical (unpaired) electrons. The van der Waals surface area contributed by atoms with Crippen LogP contribution in [0.4, 0.5) is 0 Å². The van der Waals surface area contributed by atoms with E-state index in [9.17, 15) is 9.59 Å². The quantitative estimate of drug-likeness (QED) is 0.670. The van der Waals surface area contributed by atoms with Crippen LogP contribution in [-0.4, -0.2) is 36.6 Å². The van der Waals surface area contributed by atoms with E-state index in [4.69, 9.17) is 5.11 Å². The van der Waals surface area contributed by atoms with Crippen molar-refractivity contribution in [1.29, 1.82) is 0 Å². The summed E-state index contributed by atoms with van der Waals surface area (Å²) in [7, 11) is 1.54. The largest absolute Gasteiger partial charge is 0.480 e. The number of rotatable bonds is 5. The Morgan fingerprint density at radius 3 is 2.80 bits per heavy atom. The van der Waals surface area contributed by atoms with Crippen LogP contribution in [0, 0.1) is 0 Å². The zero-order chi connectivity index (χ0) is 11.3. The van der Waals surface area contributed by atoms with Crippen LogP contribution in [0.3, 0.4) is 0 Å². The van der Waals surface area contributed by atoms with Gasteiger partial charge in [0.1, 0.15) is 6.04 Å². The van der Waals surface area contributed by atoms with Crippen molar-refractivity contribution >= 4 is 23.2 Å². The molecule has 0 aliphatic carbocycles. The van der Waals surface area contributed by atoms with E-state index < -0.39 is 12.0 Å². The molecular weight excluding hydrogens is 216 g/mol. The second kappa shape index (κ2) is 5.47. The second-order valence-corrected chi connectivity index (χ2v) is 3.81. The van der Waals surface area contributed by atoms with Crippen LogP contribution >= 0.6 is 11.3 Å². The smallest absolute Gasteiger partial charge is 0.322 e. The summed E-state index contributed by atoms with van der Waals surface area (Å²) in [5, 5.41) is 15.6. The summed E-state index contributed by atoms with van der Waals surface area (Å²) < 4.78 is 0. The lowest BCUT2D eigenvalue weighted by molar-refractivity contribution is -0.139. The molecule has 1 aromatic heterocycles. The van der Waals surface area contributed by atoms with Crippen molar-refractivity contribution in [2.24, 2.45) is 0 Å². The summed E-state index contributed by atoms with van der Waals surface area (Å²) in [6.45, 7) is 0.0720. The van der Waals surface area contributed by atoms with Crippen LogP contribution in [0.1, 0.15) is 9.67 Å². The maximum Gasteiger partial charge on any atom is 0.322 e. The zero-order valence-electron chi connectivity index (χ0n) is 8.19. The van der Waals surface area contributed by atoms with E-state index in [1.165, 1.54) is 18.4 Å². The Labute approximate surface area is 91.1 Å². The van der Waals surface area contributed by atoms with Crippen LogP contribution in [0.2, 0.25) is 0 Å². The Morgan fingerprint density at radius 2 is 2.33 bits per heavy atom. The Morgan fingerprint density at radius 1 is 1.60 bits per heavy atom. The summed E-state index contributed by atoms with van der Waals surface area (Å²) in [4.78, 5) is 22.6. The van der Waals surface area contributed by atoms with Crippen LogP contribution in [0.25, 0.3) is 0 Å². The van der Waals surface area contributed by atoms with Gasteiger partial charge in [0.05, 0.1) is 4.88 Å². The first-order valence-corrected chi connectivity index (χ1v) is 5.25. The minimum absolute atomic E-state index is 0.0720. The van der Waals surface area contributed by atoms with E-state index >= 15 is 0 Å². The van der Waals surface area contributed by atoms with Crippen LogP contribution < -0.4 is 10.6 Å². The predicted molar refractivity (Wildman–Crippen MR) is 57.1 cm³/mol. The number of carbonyl (C=O) groups is 2. The van der Waals surface area contributed by atoms with Crippen molar-refractivity contribution < 1.29 is 14.7 Å². The maximum atomic E-state index is 11.4. The van der Waals surface area contributed by atoms with Gasteiger partial charge in [-0.1, -0.05) is 6.07 Å². The number of thiophene rings is 1. The Bertz CT molecular complexity index is 337. The van der Waals surface area contributed by atoms with Gasteiger partial charge in [-0.2, -0.15) is 0 Å².